The van der Waals surface area contributed by atoms with Crippen LogP contribution in [0.4, 0.5) is 0 Å². The number of fused-ring (bicyclic) bond motifs is 1. The number of aryl methyl sites for hydroxylation is 1. The monoisotopic (exact) mass is 240 g/mol. The molecule has 0 aromatic carbocycles. The molecule has 3 heteroatoms. The predicted molar refractivity (Wildman–Crippen MR) is 69.8 cm³/mol. The molecule has 3 rings (SSSR count). The second-order valence-electron chi connectivity index (χ2n) is 4.85. The number of carbonyl (C=O) groups excluding carboxylic acids is 1. The van der Waals surface area contributed by atoms with Gasteiger partial charge in [-0.25, -0.2) is 0 Å². The molecule has 92 valence electrons. The summed E-state index contributed by atoms with van der Waals surface area (Å²) in [6, 6.07) is 8.01. The molecule has 0 radical (unpaired) electrons. The van der Waals surface area contributed by atoms with E-state index in [1.54, 1.807) is 0 Å². The summed E-state index contributed by atoms with van der Waals surface area (Å²) in [5.74, 6) is 0.284. The summed E-state index contributed by atoms with van der Waals surface area (Å²) < 4.78 is 2.16. The average Bonchev–Trinajstić information content (AvgIpc) is 2.74. The Labute approximate surface area is 106 Å². The second-order valence-corrected chi connectivity index (χ2v) is 4.85. The number of hydrogen-bond acceptors (Lipinski definition) is 2. The van der Waals surface area contributed by atoms with Gasteiger partial charge >= 0.3 is 0 Å². The van der Waals surface area contributed by atoms with E-state index in [2.05, 4.69) is 9.55 Å². The third-order valence-corrected chi connectivity index (χ3v) is 3.47. The van der Waals surface area contributed by atoms with Crippen LogP contribution in [0, 0.1) is 6.92 Å². The Kier molecular flexibility index (Phi) is 2.74. The molecule has 3 nitrogen and oxygen atoms in total. The van der Waals surface area contributed by atoms with E-state index in [1.165, 1.54) is 5.69 Å². The molecule has 0 spiro atoms. The van der Waals surface area contributed by atoms with Gasteiger partial charge in [0.25, 0.3) is 0 Å². The van der Waals surface area contributed by atoms with Gasteiger partial charge in [0.15, 0.2) is 5.78 Å². The van der Waals surface area contributed by atoms with Crippen LogP contribution in [-0.2, 0) is 13.0 Å². The molecule has 1 aliphatic rings. The van der Waals surface area contributed by atoms with Crippen molar-refractivity contribution in [3.63, 3.8) is 0 Å². The van der Waals surface area contributed by atoms with Crippen molar-refractivity contribution >= 4 is 5.78 Å². The zero-order valence-electron chi connectivity index (χ0n) is 10.5. The molecule has 2 heterocycles. The number of rotatable bonds is 2. The van der Waals surface area contributed by atoms with E-state index in [0.29, 0.717) is 6.42 Å². The zero-order chi connectivity index (χ0) is 12.5. The van der Waals surface area contributed by atoms with Gasteiger partial charge in [-0.1, -0.05) is 6.07 Å². The third-order valence-electron chi connectivity index (χ3n) is 3.47. The lowest BCUT2D eigenvalue weighted by Crippen LogP contribution is -2.13. The van der Waals surface area contributed by atoms with E-state index in [-0.39, 0.29) is 5.78 Å². The van der Waals surface area contributed by atoms with E-state index >= 15 is 0 Å². The molecule has 0 saturated heterocycles. The Morgan fingerprint density at radius 3 is 3.00 bits per heavy atom. The second kappa shape index (κ2) is 4.41. The summed E-state index contributed by atoms with van der Waals surface area (Å²) in [6.45, 7) is 2.75. The summed E-state index contributed by atoms with van der Waals surface area (Å²) in [6.07, 6.45) is 4.68. The molecule has 2 aromatic rings. The van der Waals surface area contributed by atoms with Crippen molar-refractivity contribution in [2.75, 3.05) is 0 Å². The summed E-state index contributed by atoms with van der Waals surface area (Å²) in [5, 5.41) is 0. The molecule has 0 amide bonds. The van der Waals surface area contributed by atoms with Crippen LogP contribution in [0.25, 0.3) is 0 Å². The fraction of sp³-hybridized carbons (Fsp3) is 0.333. The van der Waals surface area contributed by atoms with Crippen molar-refractivity contribution in [3.8, 4) is 0 Å². The first-order chi connectivity index (χ1) is 8.74. The standard InChI is InChI=1S/C15H16N2O/c1-11-4-2-5-12(16-11)10-17-9-8-13-14(17)6-3-7-15(13)18/h2,4-5,8-9H,3,6-7,10H2,1H3. The van der Waals surface area contributed by atoms with Crippen LogP contribution >= 0.6 is 0 Å². The molecule has 0 aliphatic heterocycles. The summed E-state index contributed by atoms with van der Waals surface area (Å²) in [5.41, 5.74) is 4.17. The Morgan fingerprint density at radius 1 is 1.28 bits per heavy atom. The van der Waals surface area contributed by atoms with Crippen molar-refractivity contribution in [1.82, 2.24) is 9.55 Å². The smallest absolute Gasteiger partial charge is 0.164 e. The lowest BCUT2D eigenvalue weighted by atomic mass is 9.97. The molecular weight excluding hydrogens is 224 g/mol. The van der Waals surface area contributed by atoms with Crippen LogP contribution in [0.15, 0.2) is 30.5 Å². The Hall–Kier alpha value is -1.90. The van der Waals surface area contributed by atoms with Crippen LogP contribution in [0.5, 0.6) is 0 Å². The maximum absolute atomic E-state index is 11.8. The zero-order valence-corrected chi connectivity index (χ0v) is 10.5. The summed E-state index contributed by atoms with van der Waals surface area (Å²) >= 11 is 0. The van der Waals surface area contributed by atoms with Crippen molar-refractivity contribution < 1.29 is 4.79 Å². The average molecular weight is 240 g/mol. The van der Waals surface area contributed by atoms with Crippen molar-refractivity contribution in [2.45, 2.75) is 32.7 Å². The molecule has 0 saturated carbocycles. The van der Waals surface area contributed by atoms with Crippen LogP contribution in [0.2, 0.25) is 0 Å². The number of carbonyl (C=O) groups is 1. The highest BCUT2D eigenvalue weighted by molar-refractivity contribution is 5.98. The molecule has 0 fully saturated rings. The number of Topliss-reactive ketones (excluding diaryl/α,β-unsaturated/α-hetero) is 1. The van der Waals surface area contributed by atoms with Gasteiger partial charge in [-0.3, -0.25) is 9.78 Å². The van der Waals surface area contributed by atoms with Gasteiger partial charge < -0.3 is 4.57 Å². The molecular formula is C15H16N2O. The first-order valence-electron chi connectivity index (χ1n) is 6.38. The number of pyridine rings is 1. The molecule has 0 bridgehead atoms. The van der Waals surface area contributed by atoms with E-state index < -0.39 is 0 Å². The fourth-order valence-corrected chi connectivity index (χ4v) is 2.60. The minimum Gasteiger partial charge on any atom is -0.345 e. The van der Waals surface area contributed by atoms with E-state index in [9.17, 15) is 4.79 Å². The molecule has 0 unspecified atom stereocenters. The summed E-state index contributed by atoms with van der Waals surface area (Å²) in [7, 11) is 0. The van der Waals surface area contributed by atoms with Gasteiger partial charge in [0.05, 0.1) is 12.2 Å². The quantitative estimate of drug-likeness (QED) is 0.809. The number of aromatic nitrogens is 2. The minimum absolute atomic E-state index is 0.284. The van der Waals surface area contributed by atoms with Gasteiger partial charge in [0.2, 0.25) is 0 Å². The fourth-order valence-electron chi connectivity index (χ4n) is 2.60. The van der Waals surface area contributed by atoms with Gasteiger partial charge in [-0.2, -0.15) is 0 Å². The predicted octanol–water partition coefficient (Wildman–Crippen LogP) is 2.76. The van der Waals surface area contributed by atoms with Gasteiger partial charge in [-0.15, -0.1) is 0 Å². The van der Waals surface area contributed by atoms with Crippen molar-refractivity contribution in [3.05, 3.63) is 53.1 Å². The highest BCUT2D eigenvalue weighted by atomic mass is 16.1. The number of nitrogens with zero attached hydrogens (tertiary/aromatic N) is 2. The Balaban J connectivity index is 1.92. The van der Waals surface area contributed by atoms with Gasteiger partial charge in [0, 0.05) is 29.6 Å². The maximum atomic E-state index is 11.8. The van der Waals surface area contributed by atoms with Crippen molar-refractivity contribution in [1.29, 1.82) is 0 Å². The number of hydrogen-bond donors (Lipinski definition) is 0. The molecule has 0 N–H and O–H groups in total. The minimum atomic E-state index is 0.284. The van der Waals surface area contributed by atoms with Crippen molar-refractivity contribution in [2.24, 2.45) is 0 Å². The first-order valence-corrected chi connectivity index (χ1v) is 6.38. The lowest BCUT2D eigenvalue weighted by molar-refractivity contribution is 0.0972. The summed E-state index contributed by atoms with van der Waals surface area (Å²) in [4.78, 5) is 16.3. The molecule has 2 aromatic heterocycles. The topological polar surface area (TPSA) is 34.9 Å². The van der Waals surface area contributed by atoms with Gasteiger partial charge in [-0.05, 0) is 38.0 Å². The highest BCUT2D eigenvalue weighted by Crippen LogP contribution is 2.22. The Morgan fingerprint density at radius 2 is 2.17 bits per heavy atom. The van der Waals surface area contributed by atoms with Crippen LogP contribution in [0.1, 0.15) is 40.3 Å². The van der Waals surface area contributed by atoms with Crippen LogP contribution in [0.3, 0.4) is 0 Å². The first kappa shape index (κ1) is 11.2. The highest BCUT2D eigenvalue weighted by Gasteiger charge is 2.20. The van der Waals surface area contributed by atoms with E-state index in [0.717, 1.165) is 36.3 Å². The SMILES string of the molecule is Cc1cccc(Cn2ccc3c2CCCC3=O)n1. The molecule has 1 aliphatic carbocycles. The number of ketones is 1. The van der Waals surface area contributed by atoms with E-state index in [1.807, 2.05) is 37.4 Å². The lowest BCUT2D eigenvalue weighted by Gasteiger charge is -2.14. The normalized spacial score (nSPS) is 14.6. The largest absolute Gasteiger partial charge is 0.345 e. The van der Waals surface area contributed by atoms with Gasteiger partial charge in [0.1, 0.15) is 0 Å². The molecule has 18 heavy (non-hydrogen) atoms. The third kappa shape index (κ3) is 1.96. The Bertz CT molecular complexity index is 598. The van der Waals surface area contributed by atoms with E-state index in [4.69, 9.17) is 0 Å². The van der Waals surface area contributed by atoms with Crippen LogP contribution in [-0.4, -0.2) is 15.3 Å². The maximum Gasteiger partial charge on any atom is 0.164 e. The molecule has 0 atom stereocenters. The van der Waals surface area contributed by atoms with Crippen LogP contribution < -0.4 is 0 Å².